The lowest BCUT2D eigenvalue weighted by Gasteiger charge is -2.01. The molecular weight excluding hydrogens is 196 g/mol. The van der Waals surface area contributed by atoms with Crippen molar-refractivity contribution in [1.29, 1.82) is 0 Å². The van der Waals surface area contributed by atoms with Crippen molar-refractivity contribution in [2.75, 3.05) is 6.61 Å². The molecule has 0 spiro atoms. The van der Waals surface area contributed by atoms with Gasteiger partial charge in [0.15, 0.2) is 6.61 Å². The third-order valence-electron chi connectivity index (χ3n) is 1.71. The highest BCUT2D eigenvalue weighted by Crippen LogP contribution is 2.06. The van der Waals surface area contributed by atoms with Gasteiger partial charge in [-0.2, -0.15) is 0 Å². The van der Waals surface area contributed by atoms with Crippen LogP contribution >= 0.6 is 0 Å². The van der Waals surface area contributed by atoms with Gasteiger partial charge in [-0.3, -0.25) is 0 Å². The third-order valence-corrected chi connectivity index (χ3v) is 1.71. The summed E-state index contributed by atoms with van der Waals surface area (Å²) in [5.74, 6) is -1.82. The predicted octanol–water partition coefficient (Wildman–Crippen LogP) is 1.57. The zero-order valence-electron chi connectivity index (χ0n) is 7.97. The van der Waals surface area contributed by atoms with E-state index in [0.29, 0.717) is 5.56 Å². The largest absolute Gasteiger partial charge is 0.479 e. The number of carbonyl (C=O) groups excluding carboxylic acids is 1. The van der Waals surface area contributed by atoms with Gasteiger partial charge in [0, 0.05) is 0 Å². The van der Waals surface area contributed by atoms with Crippen molar-refractivity contribution in [1.82, 2.24) is 0 Å². The van der Waals surface area contributed by atoms with Gasteiger partial charge in [-0.15, -0.1) is 0 Å². The predicted molar refractivity (Wildman–Crippen MR) is 54.5 cm³/mol. The Balaban J connectivity index is 2.66. The van der Waals surface area contributed by atoms with Crippen LogP contribution in [0.4, 0.5) is 0 Å². The van der Waals surface area contributed by atoms with Gasteiger partial charge >= 0.3 is 11.9 Å². The number of ether oxygens (including phenoxy) is 1. The van der Waals surface area contributed by atoms with Crippen LogP contribution in [0.15, 0.2) is 30.8 Å². The molecule has 0 fully saturated rings. The van der Waals surface area contributed by atoms with Crippen LogP contribution in [0.5, 0.6) is 0 Å². The number of carboxylic acid groups (broad SMARTS) is 1. The Bertz CT molecular complexity index is 378. The Morgan fingerprint density at radius 2 is 1.93 bits per heavy atom. The molecule has 1 aromatic rings. The van der Waals surface area contributed by atoms with Gasteiger partial charge in [0.25, 0.3) is 0 Å². The van der Waals surface area contributed by atoms with Crippen molar-refractivity contribution >= 4 is 18.0 Å². The number of esters is 1. The molecule has 0 aliphatic carbocycles. The van der Waals surface area contributed by atoms with Crippen LogP contribution in [0, 0.1) is 0 Å². The van der Waals surface area contributed by atoms with E-state index in [4.69, 9.17) is 5.11 Å². The lowest BCUT2D eigenvalue weighted by Crippen LogP contribution is -2.12. The minimum absolute atomic E-state index is 0.321. The van der Waals surface area contributed by atoms with Crippen LogP contribution in [0.2, 0.25) is 0 Å². The molecule has 0 aliphatic rings. The van der Waals surface area contributed by atoms with Crippen LogP contribution in [0.1, 0.15) is 15.9 Å². The highest BCUT2D eigenvalue weighted by Gasteiger charge is 2.08. The SMILES string of the molecule is C=Cc1ccc(C(=O)OCC(=O)O)cc1. The molecule has 0 unspecified atom stereocenters. The molecule has 0 aromatic heterocycles. The minimum Gasteiger partial charge on any atom is -0.479 e. The van der Waals surface area contributed by atoms with E-state index in [9.17, 15) is 9.59 Å². The Hall–Kier alpha value is -2.10. The quantitative estimate of drug-likeness (QED) is 0.759. The fraction of sp³-hybridized carbons (Fsp3) is 0.0909. The van der Waals surface area contributed by atoms with Crippen molar-refractivity contribution in [2.45, 2.75) is 0 Å². The maximum absolute atomic E-state index is 11.2. The fourth-order valence-corrected chi connectivity index (χ4v) is 0.966. The summed E-state index contributed by atoms with van der Waals surface area (Å²) in [6, 6.07) is 6.51. The molecule has 0 heterocycles. The van der Waals surface area contributed by atoms with E-state index < -0.39 is 18.5 Å². The molecule has 0 atom stereocenters. The molecule has 0 amide bonds. The maximum atomic E-state index is 11.2. The maximum Gasteiger partial charge on any atom is 0.341 e. The summed E-state index contributed by atoms with van der Waals surface area (Å²) in [6.07, 6.45) is 1.65. The van der Waals surface area contributed by atoms with Gasteiger partial charge < -0.3 is 9.84 Å². The van der Waals surface area contributed by atoms with Gasteiger partial charge in [0.05, 0.1) is 5.56 Å². The summed E-state index contributed by atoms with van der Waals surface area (Å²) in [6.45, 7) is 2.95. The van der Waals surface area contributed by atoms with E-state index in [1.165, 1.54) is 0 Å². The second-order valence-electron chi connectivity index (χ2n) is 2.80. The number of benzene rings is 1. The summed E-state index contributed by atoms with van der Waals surface area (Å²) in [5, 5.41) is 8.30. The number of hydrogen-bond donors (Lipinski definition) is 1. The normalized spacial score (nSPS) is 9.33. The van der Waals surface area contributed by atoms with Gasteiger partial charge in [-0.05, 0) is 17.7 Å². The molecule has 1 N–H and O–H groups in total. The number of hydrogen-bond acceptors (Lipinski definition) is 3. The van der Waals surface area contributed by atoms with E-state index in [1.807, 2.05) is 0 Å². The fourth-order valence-electron chi connectivity index (χ4n) is 0.966. The van der Waals surface area contributed by atoms with Gasteiger partial charge in [-0.25, -0.2) is 9.59 Å². The van der Waals surface area contributed by atoms with Gasteiger partial charge in [0.1, 0.15) is 0 Å². The van der Waals surface area contributed by atoms with Crippen LogP contribution in [0.25, 0.3) is 6.08 Å². The average Bonchev–Trinajstić information content (AvgIpc) is 2.26. The topological polar surface area (TPSA) is 63.6 Å². The Kier molecular flexibility index (Phi) is 3.62. The second-order valence-corrected chi connectivity index (χ2v) is 2.80. The molecule has 4 heteroatoms. The molecule has 0 saturated carbocycles. The molecule has 4 nitrogen and oxygen atoms in total. The number of carbonyl (C=O) groups is 2. The zero-order chi connectivity index (χ0) is 11.3. The van der Waals surface area contributed by atoms with Crippen LogP contribution in [-0.4, -0.2) is 23.7 Å². The number of carboxylic acids is 1. The Labute approximate surface area is 86.8 Å². The van der Waals surface area contributed by atoms with Crippen LogP contribution < -0.4 is 0 Å². The average molecular weight is 206 g/mol. The molecule has 0 saturated heterocycles. The van der Waals surface area contributed by atoms with Crippen LogP contribution in [0.3, 0.4) is 0 Å². The van der Waals surface area contributed by atoms with Crippen molar-refractivity contribution in [3.8, 4) is 0 Å². The van der Waals surface area contributed by atoms with E-state index in [0.717, 1.165) is 5.56 Å². The van der Waals surface area contributed by atoms with E-state index in [2.05, 4.69) is 11.3 Å². The summed E-state index contributed by atoms with van der Waals surface area (Å²) >= 11 is 0. The van der Waals surface area contributed by atoms with Crippen molar-refractivity contribution in [3.63, 3.8) is 0 Å². The Morgan fingerprint density at radius 3 is 2.40 bits per heavy atom. The van der Waals surface area contributed by atoms with E-state index in [-0.39, 0.29) is 0 Å². The number of aliphatic carboxylic acids is 1. The smallest absolute Gasteiger partial charge is 0.341 e. The molecule has 78 valence electrons. The molecule has 0 bridgehead atoms. The molecular formula is C11H10O4. The van der Waals surface area contributed by atoms with E-state index >= 15 is 0 Å². The van der Waals surface area contributed by atoms with Crippen molar-refractivity contribution in [3.05, 3.63) is 42.0 Å². The summed E-state index contributed by atoms with van der Waals surface area (Å²) in [5.41, 5.74) is 1.20. The highest BCUT2D eigenvalue weighted by atomic mass is 16.5. The first-order chi connectivity index (χ1) is 7.13. The third kappa shape index (κ3) is 3.27. The lowest BCUT2D eigenvalue weighted by molar-refractivity contribution is -0.140. The lowest BCUT2D eigenvalue weighted by atomic mass is 10.1. The highest BCUT2D eigenvalue weighted by molar-refractivity contribution is 5.90. The summed E-state index contributed by atoms with van der Waals surface area (Å²) in [7, 11) is 0. The standard InChI is InChI=1S/C11H10O4/c1-2-8-3-5-9(6-4-8)11(14)15-7-10(12)13/h2-6H,1,7H2,(H,12,13). The first kappa shape index (κ1) is 11.0. The molecule has 15 heavy (non-hydrogen) atoms. The molecule has 0 radical (unpaired) electrons. The summed E-state index contributed by atoms with van der Waals surface area (Å²) in [4.78, 5) is 21.4. The van der Waals surface area contributed by atoms with Crippen LogP contribution in [-0.2, 0) is 9.53 Å². The Morgan fingerprint density at radius 1 is 1.33 bits per heavy atom. The first-order valence-corrected chi connectivity index (χ1v) is 4.25. The number of rotatable bonds is 4. The zero-order valence-corrected chi connectivity index (χ0v) is 7.97. The minimum atomic E-state index is -1.17. The van der Waals surface area contributed by atoms with Gasteiger partial charge in [-0.1, -0.05) is 24.8 Å². The van der Waals surface area contributed by atoms with Crippen molar-refractivity contribution < 1.29 is 19.4 Å². The van der Waals surface area contributed by atoms with E-state index in [1.54, 1.807) is 30.3 Å². The molecule has 1 rings (SSSR count). The molecule has 1 aromatic carbocycles. The second kappa shape index (κ2) is 4.95. The summed E-state index contributed by atoms with van der Waals surface area (Å²) < 4.78 is 4.50. The monoisotopic (exact) mass is 206 g/mol. The molecule has 0 aliphatic heterocycles. The first-order valence-electron chi connectivity index (χ1n) is 4.25. The van der Waals surface area contributed by atoms with Crippen molar-refractivity contribution in [2.24, 2.45) is 0 Å². The van der Waals surface area contributed by atoms with Gasteiger partial charge in [0.2, 0.25) is 0 Å².